The van der Waals surface area contributed by atoms with Crippen LogP contribution in [0.25, 0.3) is 0 Å². The Labute approximate surface area is 123 Å². The van der Waals surface area contributed by atoms with Crippen LogP contribution >= 0.6 is 11.6 Å². The number of hydrogen-bond acceptors (Lipinski definition) is 4. The number of carbonyl (C=O) groups is 1. The molecule has 0 saturated heterocycles. The highest BCUT2D eigenvalue weighted by Gasteiger charge is 2.16. The number of halogens is 1. The summed E-state index contributed by atoms with van der Waals surface area (Å²) in [7, 11) is 0. The van der Waals surface area contributed by atoms with Gasteiger partial charge in [-0.1, -0.05) is 41.9 Å². The Bertz CT molecular complexity index is 602. The molecule has 0 unspecified atom stereocenters. The second-order valence-corrected chi connectivity index (χ2v) is 4.77. The van der Waals surface area contributed by atoms with Crippen LogP contribution < -0.4 is 4.90 Å². The molecule has 1 aromatic carbocycles. The second kappa shape index (κ2) is 6.48. The van der Waals surface area contributed by atoms with Crippen molar-refractivity contribution < 1.29 is 4.79 Å². The first-order chi connectivity index (χ1) is 9.65. The molecule has 0 spiro atoms. The van der Waals surface area contributed by atoms with Gasteiger partial charge in [-0.2, -0.15) is 0 Å². The zero-order valence-corrected chi connectivity index (χ0v) is 12.3. The van der Waals surface area contributed by atoms with E-state index in [0.717, 1.165) is 12.1 Å². The summed E-state index contributed by atoms with van der Waals surface area (Å²) in [5, 5.41) is 0.203. The van der Waals surface area contributed by atoms with Crippen molar-refractivity contribution in [1.29, 1.82) is 0 Å². The molecule has 1 heterocycles. The predicted molar refractivity (Wildman–Crippen MR) is 80.3 cm³/mol. The summed E-state index contributed by atoms with van der Waals surface area (Å²) in [4.78, 5) is 21.7. The zero-order chi connectivity index (χ0) is 14.5. The van der Waals surface area contributed by atoms with Crippen LogP contribution in [0.15, 0.2) is 30.3 Å². The molecule has 0 atom stereocenters. The smallest absolute Gasteiger partial charge is 0.156 e. The number of anilines is 1. The van der Waals surface area contributed by atoms with E-state index in [1.807, 2.05) is 42.2 Å². The van der Waals surface area contributed by atoms with E-state index < -0.39 is 0 Å². The van der Waals surface area contributed by atoms with E-state index in [0.29, 0.717) is 30.0 Å². The molecule has 0 aliphatic carbocycles. The van der Waals surface area contributed by atoms with Gasteiger partial charge in [0.05, 0.1) is 5.56 Å². The molecule has 0 amide bonds. The van der Waals surface area contributed by atoms with Crippen LogP contribution in [0.4, 0.5) is 5.82 Å². The lowest BCUT2D eigenvalue weighted by atomic mass is 10.2. The first kappa shape index (κ1) is 14.5. The lowest BCUT2D eigenvalue weighted by molar-refractivity contribution is 0.112. The third-order valence-electron chi connectivity index (χ3n) is 3.01. The number of benzene rings is 1. The fraction of sp³-hybridized carbons (Fsp3) is 0.267. The summed E-state index contributed by atoms with van der Waals surface area (Å²) in [6.45, 7) is 5.18. The minimum absolute atomic E-state index is 0.203. The highest BCUT2D eigenvalue weighted by atomic mass is 35.5. The quantitative estimate of drug-likeness (QED) is 0.626. The molecule has 2 aromatic rings. The summed E-state index contributed by atoms with van der Waals surface area (Å²) in [6, 6.07) is 10.0. The van der Waals surface area contributed by atoms with Crippen LogP contribution in [-0.4, -0.2) is 22.8 Å². The molecule has 5 heteroatoms. The first-order valence-corrected chi connectivity index (χ1v) is 6.81. The van der Waals surface area contributed by atoms with Gasteiger partial charge in [-0.05, 0) is 19.4 Å². The number of aryl methyl sites for hydroxylation is 1. The van der Waals surface area contributed by atoms with Gasteiger partial charge < -0.3 is 4.90 Å². The second-order valence-electron chi connectivity index (χ2n) is 4.42. The van der Waals surface area contributed by atoms with E-state index in [1.54, 1.807) is 6.92 Å². The lowest BCUT2D eigenvalue weighted by Crippen LogP contribution is -2.25. The molecule has 20 heavy (non-hydrogen) atoms. The highest BCUT2D eigenvalue weighted by molar-refractivity contribution is 6.32. The zero-order valence-electron chi connectivity index (χ0n) is 11.5. The van der Waals surface area contributed by atoms with E-state index in [4.69, 9.17) is 11.6 Å². The van der Waals surface area contributed by atoms with Gasteiger partial charge in [-0.25, -0.2) is 9.97 Å². The number of carbonyl (C=O) groups excluding carboxylic acids is 1. The number of aromatic nitrogens is 2. The maximum absolute atomic E-state index is 11.2. The molecular weight excluding hydrogens is 274 g/mol. The van der Waals surface area contributed by atoms with Crippen LogP contribution in [0.3, 0.4) is 0 Å². The van der Waals surface area contributed by atoms with Gasteiger partial charge in [-0.15, -0.1) is 0 Å². The van der Waals surface area contributed by atoms with Gasteiger partial charge in [-0.3, -0.25) is 4.79 Å². The molecule has 2 rings (SSSR count). The van der Waals surface area contributed by atoms with Gasteiger partial charge in [0.2, 0.25) is 0 Å². The molecule has 4 nitrogen and oxygen atoms in total. The SMILES string of the molecule is CCN(Cc1ccccc1)c1nc(C)nc(Cl)c1C=O. The van der Waals surface area contributed by atoms with Crippen molar-refractivity contribution in [2.24, 2.45) is 0 Å². The third-order valence-corrected chi connectivity index (χ3v) is 3.29. The van der Waals surface area contributed by atoms with Crippen molar-refractivity contribution in [3.05, 3.63) is 52.4 Å². The Hall–Kier alpha value is -1.94. The first-order valence-electron chi connectivity index (χ1n) is 6.44. The van der Waals surface area contributed by atoms with Crippen LogP contribution in [0, 0.1) is 6.92 Å². The van der Waals surface area contributed by atoms with E-state index >= 15 is 0 Å². The molecule has 0 bridgehead atoms. The van der Waals surface area contributed by atoms with Crippen molar-refractivity contribution in [3.63, 3.8) is 0 Å². The van der Waals surface area contributed by atoms with Gasteiger partial charge in [0.1, 0.15) is 16.8 Å². The number of nitrogens with zero attached hydrogens (tertiary/aromatic N) is 3. The Morgan fingerprint density at radius 2 is 1.95 bits per heavy atom. The standard InChI is InChI=1S/C15H16ClN3O/c1-3-19(9-12-7-5-4-6-8-12)15-13(10-20)14(16)17-11(2)18-15/h4-8,10H,3,9H2,1-2H3. The molecule has 0 N–H and O–H groups in total. The van der Waals surface area contributed by atoms with E-state index in [2.05, 4.69) is 9.97 Å². The minimum Gasteiger partial charge on any atom is -0.352 e. The largest absolute Gasteiger partial charge is 0.352 e. The molecule has 0 aliphatic rings. The monoisotopic (exact) mass is 289 g/mol. The number of aldehydes is 1. The Kier molecular flexibility index (Phi) is 4.69. The molecule has 104 valence electrons. The predicted octanol–water partition coefficient (Wildman–Crippen LogP) is 3.28. The van der Waals surface area contributed by atoms with Gasteiger partial charge in [0.25, 0.3) is 0 Å². The fourth-order valence-electron chi connectivity index (χ4n) is 2.02. The maximum atomic E-state index is 11.2. The number of hydrogen-bond donors (Lipinski definition) is 0. The summed E-state index contributed by atoms with van der Waals surface area (Å²) < 4.78 is 0. The van der Waals surface area contributed by atoms with Crippen molar-refractivity contribution >= 4 is 23.7 Å². The van der Waals surface area contributed by atoms with E-state index in [-0.39, 0.29) is 5.15 Å². The molecule has 0 radical (unpaired) electrons. The van der Waals surface area contributed by atoms with Crippen LogP contribution in [-0.2, 0) is 6.54 Å². The van der Waals surface area contributed by atoms with Crippen LogP contribution in [0.1, 0.15) is 28.7 Å². The molecule has 0 saturated carbocycles. The maximum Gasteiger partial charge on any atom is 0.156 e. The fourth-order valence-corrected chi connectivity index (χ4v) is 2.27. The van der Waals surface area contributed by atoms with Crippen molar-refractivity contribution in [1.82, 2.24) is 9.97 Å². The van der Waals surface area contributed by atoms with Crippen molar-refractivity contribution in [2.45, 2.75) is 20.4 Å². The Morgan fingerprint density at radius 3 is 2.55 bits per heavy atom. The van der Waals surface area contributed by atoms with Gasteiger partial charge >= 0.3 is 0 Å². The van der Waals surface area contributed by atoms with Crippen LogP contribution in [0.5, 0.6) is 0 Å². The van der Waals surface area contributed by atoms with Crippen LogP contribution in [0.2, 0.25) is 5.15 Å². The van der Waals surface area contributed by atoms with E-state index in [9.17, 15) is 4.79 Å². The lowest BCUT2D eigenvalue weighted by Gasteiger charge is -2.23. The number of rotatable bonds is 5. The molecule has 1 aromatic heterocycles. The molecular formula is C15H16ClN3O. The van der Waals surface area contributed by atoms with Gasteiger partial charge in [0, 0.05) is 13.1 Å². The average Bonchev–Trinajstić information content (AvgIpc) is 2.45. The molecule has 0 fully saturated rings. The normalized spacial score (nSPS) is 10.3. The topological polar surface area (TPSA) is 46.1 Å². The summed E-state index contributed by atoms with van der Waals surface area (Å²) >= 11 is 6.03. The van der Waals surface area contributed by atoms with Crippen molar-refractivity contribution in [3.8, 4) is 0 Å². The van der Waals surface area contributed by atoms with Crippen molar-refractivity contribution in [2.75, 3.05) is 11.4 Å². The summed E-state index contributed by atoms with van der Waals surface area (Å²) in [5.41, 5.74) is 1.49. The molecule has 0 aliphatic heterocycles. The summed E-state index contributed by atoms with van der Waals surface area (Å²) in [5.74, 6) is 1.14. The third kappa shape index (κ3) is 3.14. The highest BCUT2D eigenvalue weighted by Crippen LogP contribution is 2.24. The Morgan fingerprint density at radius 1 is 1.25 bits per heavy atom. The van der Waals surface area contributed by atoms with E-state index in [1.165, 1.54) is 0 Å². The van der Waals surface area contributed by atoms with Gasteiger partial charge in [0.15, 0.2) is 6.29 Å². The minimum atomic E-state index is 0.203. The Balaban J connectivity index is 2.39. The average molecular weight is 290 g/mol. The summed E-state index contributed by atoms with van der Waals surface area (Å²) in [6.07, 6.45) is 0.713.